The normalized spacial score (nSPS) is 12.8. The summed E-state index contributed by atoms with van der Waals surface area (Å²) in [4.78, 5) is 10.6. The van der Waals surface area contributed by atoms with E-state index in [1.165, 1.54) is 6.92 Å². The molecule has 4 heteroatoms. The highest BCUT2D eigenvalue weighted by atomic mass is 35.5. The van der Waals surface area contributed by atoms with E-state index in [0.717, 1.165) is 0 Å². The number of alkyl halides is 1. The van der Waals surface area contributed by atoms with Crippen LogP contribution in [0.4, 0.5) is 4.79 Å². The van der Waals surface area contributed by atoms with Gasteiger partial charge in [-0.05, 0) is 26.7 Å². The van der Waals surface area contributed by atoms with Gasteiger partial charge in [0.2, 0.25) is 0 Å². The van der Waals surface area contributed by atoms with Crippen LogP contribution < -0.4 is 0 Å². The largest absolute Gasteiger partial charge is 0.509 e. The van der Waals surface area contributed by atoms with Gasteiger partial charge in [-0.2, -0.15) is 0 Å². The van der Waals surface area contributed by atoms with Gasteiger partial charge in [0.1, 0.15) is 0 Å². The van der Waals surface area contributed by atoms with E-state index in [2.05, 4.69) is 23.3 Å². The Morgan fingerprint density at radius 2 is 2.18 bits per heavy atom. The third-order valence-corrected chi connectivity index (χ3v) is 0.785. The summed E-state index contributed by atoms with van der Waals surface area (Å²) >= 11 is 5.33. The molecule has 0 amide bonds. The third kappa shape index (κ3) is 7.46. The lowest BCUT2D eigenvalue weighted by atomic mass is 10.2. The molecule has 0 saturated carbocycles. The summed E-state index contributed by atoms with van der Waals surface area (Å²) in [6.07, 6.45) is -0.787. The van der Waals surface area contributed by atoms with Crippen LogP contribution in [0.1, 0.15) is 6.92 Å². The second-order valence-electron chi connectivity index (χ2n) is 2.09. The molecule has 1 unspecified atom stereocenters. The molecule has 0 heterocycles. The Morgan fingerprint density at radius 3 is 2.55 bits per heavy atom. The summed E-state index contributed by atoms with van der Waals surface area (Å²) in [5.41, 5.74) is -0.671. The van der Waals surface area contributed by atoms with Crippen LogP contribution in [0.2, 0.25) is 0 Å². The van der Waals surface area contributed by atoms with Crippen molar-refractivity contribution in [1.82, 2.24) is 0 Å². The number of rotatable bonds is 3. The zero-order valence-electron chi connectivity index (χ0n) is 6.38. The second kappa shape index (κ2) is 5.24. The zero-order chi connectivity index (χ0) is 8.85. The predicted molar refractivity (Wildman–Crippen MR) is 42.0 cm³/mol. The summed E-state index contributed by atoms with van der Waals surface area (Å²) in [5.74, 6) is -0.187. The number of carbonyl (C=O) groups is 1. The van der Waals surface area contributed by atoms with Crippen molar-refractivity contribution in [3.05, 3.63) is 13.8 Å². The Bertz CT molecular complexity index is 123. The number of hydrogen-bond donors (Lipinski definition) is 0. The average Bonchev–Trinajstić information content (AvgIpc) is 1.82. The van der Waals surface area contributed by atoms with E-state index >= 15 is 0 Å². The van der Waals surface area contributed by atoms with E-state index in [0.29, 0.717) is 0 Å². The van der Waals surface area contributed by atoms with Crippen molar-refractivity contribution in [1.29, 1.82) is 0 Å². The molecule has 1 atom stereocenters. The standard InChI is InChI=1S/C7H11ClO3/c1-5(2)4-10-7(9)11-6(3)8/h5-6H,1-2,4H2,3H3. The molecule has 0 fully saturated rings. The molecule has 0 aliphatic rings. The van der Waals surface area contributed by atoms with Crippen LogP contribution in [0.3, 0.4) is 0 Å². The highest BCUT2D eigenvalue weighted by Crippen LogP contribution is 2.00. The Morgan fingerprint density at radius 1 is 1.64 bits per heavy atom. The molecule has 0 aromatic heterocycles. The molecule has 0 bridgehead atoms. The lowest BCUT2D eigenvalue weighted by Crippen LogP contribution is -2.14. The molecule has 0 rings (SSSR count). The molecule has 0 aromatic carbocycles. The molecule has 64 valence electrons. The Balaban J connectivity index is 3.38. The average molecular weight is 179 g/mol. The van der Waals surface area contributed by atoms with Crippen molar-refractivity contribution in [2.75, 3.05) is 6.61 Å². The van der Waals surface area contributed by atoms with Gasteiger partial charge in [-0.25, -0.2) is 4.79 Å². The summed E-state index contributed by atoms with van der Waals surface area (Å²) in [7, 11) is 0. The fraction of sp³-hybridized carbons (Fsp3) is 0.571. The van der Waals surface area contributed by atoms with Crippen molar-refractivity contribution < 1.29 is 14.3 Å². The molecule has 0 aliphatic carbocycles. The molecular weight excluding hydrogens is 168 g/mol. The summed E-state index contributed by atoms with van der Waals surface area (Å²) in [6, 6.07) is 0. The van der Waals surface area contributed by atoms with Crippen LogP contribution in [0.25, 0.3) is 0 Å². The quantitative estimate of drug-likeness (QED) is 0.490. The summed E-state index contributed by atoms with van der Waals surface area (Å²) < 4.78 is 8.99. The molecule has 0 aromatic rings. The molecule has 3 nitrogen and oxygen atoms in total. The van der Waals surface area contributed by atoms with Gasteiger partial charge in [-0.15, -0.1) is 0 Å². The highest BCUT2D eigenvalue weighted by Gasteiger charge is 2.07. The van der Waals surface area contributed by atoms with Crippen LogP contribution in [0, 0.1) is 19.8 Å². The number of halogens is 1. The minimum atomic E-state index is -0.787. The minimum absolute atomic E-state index is 0.141. The molecular formula is C7H11ClO3. The Hall–Kier alpha value is -0.440. The summed E-state index contributed by atoms with van der Waals surface area (Å²) in [5, 5.41) is 0. The van der Waals surface area contributed by atoms with Crippen LogP contribution in [-0.2, 0) is 9.47 Å². The van der Waals surface area contributed by atoms with Crippen molar-refractivity contribution in [2.45, 2.75) is 12.5 Å². The first-order valence-electron chi connectivity index (χ1n) is 3.16. The van der Waals surface area contributed by atoms with Crippen LogP contribution in [-0.4, -0.2) is 18.3 Å². The van der Waals surface area contributed by atoms with Crippen molar-refractivity contribution >= 4 is 17.8 Å². The van der Waals surface area contributed by atoms with E-state index in [9.17, 15) is 4.79 Å². The topological polar surface area (TPSA) is 35.5 Å². The summed E-state index contributed by atoms with van der Waals surface area (Å²) in [6.45, 7) is 8.69. The van der Waals surface area contributed by atoms with Gasteiger partial charge in [0.15, 0.2) is 5.56 Å². The van der Waals surface area contributed by atoms with Crippen molar-refractivity contribution in [3.63, 3.8) is 0 Å². The zero-order valence-corrected chi connectivity index (χ0v) is 7.13. The van der Waals surface area contributed by atoms with Crippen LogP contribution in [0.5, 0.6) is 0 Å². The van der Waals surface area contributed by atoms with Gasteiger partial charge in [0, 0.05) is 0 Å². The maximum Gasteiger partial charge on any atom is 0.509 e. The fourth-order valence-electron chi connectivity index (χ4n) is 0.353. The van der Waals surface area contributed by atoms with Gasteiger partial charge < -0.3 is 9.47 Å². The second-order valence-corrected chi connectivity index (χ2v) is 2.70. The molecule has 2 radical (unpaired) electrons. The van der Waals surface area contributed by atoms with E-state index in [-0.39, 0.29) is 12.5 Å². The van der Waals surface area contributed by atoms with Gasteiger partial charge in [0.25, 0.3) is 0 Å². The first kappa shape index (κ1) is 10.6. The van der Waals surface area contributed by atoms with Gasteiger partial charge in [0.05, 0.1) is 6.61 Å². The van der Waals surface area contributed by atoms with Gasteiger partial charge in [-0.1, -0.05) is 11.6 Å². The van der Waals surface area contributed by atoms with E-state index in [1.54, 1.807) is 0 Å². The van der Waals surface area contributed by atoms with Gasteiger partial charge >= 0.3 is 6.16 Å². The lowest BCUT2D eigenvalue weighted by molar-refractivity contribution is 0.0460. The maximum absolute atomic E-state index is 10.6. The first-order valence-corrected chi connectivity index (χ1v) is 3.59. The first-order chi connectivity index (χ1) is 5.02. The highest BCUT2D eigenvalue weighted by molar-refractivity contribution is 6.19. The SMILES string of the molecule is [CH2]C([CH2])COC(=O)OC(C)Cl. The number of ether oxygens (including phenoxy) is 2. The van der Waals surface area contributed by atoms with Crippen LogP contribution >= 0.6 is 11.6 Å². The minimum Gasteiger partial charge on any atom is -0.434 e. The molecule has 0 spiro atoms. The molecule has 11 heavy (non-hydrogen) atoms. The molecule has 0 N–H and O–H groups in total. The van der Waals surface area contributed by atoms with Crippen molar-refractivity contribution in [2.24, 2.45) is 5.92 Å². The van der Waals surface area contributed by atoms with E-state index in [4.69, 9.17) is 11.6 Å². The smallest absolute Gasteiger partial charge is 0.434 e. The lowest BCUT2D eigenvalue weighted by Gasteiger charge is -2.08. The number of carbonyl (C=O) groups excluding carboxylic acids is 1. The maximum atomic E-state index is 10.6. The predicted octanol–water partition coefficient (Wildman–Crippen LogP) is 2.01. The monoisotopic (exact) mass is 178 g/mol. The fourth-order valence-corrected chi connectivity index (χ4v) is 0.425. The Kier molecular flexibility index (Phi) is 5.03. The molecule has 0 saturated heterocycles. The van der Waals surface area contributed by atoms with E-state index < -0.39 is 11.7 Å². The third-order valence-electron chi connectivity index (χ3n) is 0.696. The van der Waals surface area contributed by atoms with Crippen LogP contribution in [0.15, 0.2) is 0 Å². The molecule has 0 aliphatic heterocycles. The van der Waals surface area contributed by atoms with Crippen molar-refractivity contribution in [3.8, 4) is 0 Å². The number of hydrogen-bond acceptors (Lipinski definition) is 3. The Labute approximate surface area is 71.6 Å². The van der Waals surface area contributed by atoms with E-state index in [1.807, 2.05) is 0 Å². The van der Waals surface area contributed by atoms with Gasteiger partial charge in [-0.3, -0.25) is 0 Å².